The third-order valence-electron chi connectivity index (χ3n) is 12.1. The summed E-state index contributed by atoms with van der Waals surface area (Å²) in [6.45, 7) is -0.533. The fourth-order valence-electron chi connectivity index (χ4n) is 10.0. The van der Waals surface area contributed by atoms with Gasteiger partial charge in [-0.1, -0.05) is 91.0 Å². The first kappa shape index (κ1) is 36.3. The van der Waals surface area contributed by atoms with Crippen molar-refractivity contribution in [2.75, 3.05) is 17.1 Å². The fourth-order valence-corrected chi connectivity index (χ4v) is 11.4. The van der Waals surface area contributed by atoms with Crippen LogP contribution in [0.25, 0.3) is 0 Å². The van der Waals surface area contributed by atoms with Gasteiger partial charge in [0, 0.05) is 34.6 Å². The Hall–Kier alpha value is -3.07. The normalized spacial score (nSPS) is 25.0. The summed E-state index contributed by atoms with van der Waals surface area (Å²) in [4.78, 5) is 30.4. The summed E-state index contributed by atoms with van der Waals surface area (Å²) in [5.74, 6) is 1.59. The quantitative estimate of drug-likeness (QED) is 0.202. The molecule has 3 aromatic carbocycles. The Kier molecular flexibility index (Phi) is 10.8. The maximum Gasteiger partial charge on any atom is 0.244 e. The first-order valence-corrected chi connectivity index (χ1v) is 21.2. The van der Waals surface area contributed by atoms with Crippen LogP contribution in [-0.2, 0) is 38.0 Å². The fraction of sp³-hybridized carbons (Fsp3) is 0.512. The SMILES string of the molecule is CS(=O)(=O)N(CC(=O)N(Cc1c(Cl)cccc1Cl)[C@H](Cc1ccccc1)C(=O)NC1CCCCC1)c1ccc(C23CC4CC(CC(C4)C2)C3)cc1. The number of nitrogens with one attached hydrogen (secondary N) is 1. The van der Waals surface area contributed by atoms with Gasteiger partial charge in [0.25, 0.3) is 0 Å². The number of hydrogen-bond acceptors (Lipinski definition) is 4. The first-order valence-electron chi connectivity index (χ1n) is 18.6. The number of carbonyl (C=O) groups is 2. The highest BCUT2D eigenvalue weighted by Crippen LogP contribution is 2.60. The molecule has 272 valence electrons. The Bertz CT molecular complexity index is 1770. The Balaban J connectivity index is 1.20. The van der Waals surface area contributed by atoms with Crippen molar-refractivity contribution in [1.82, 2.24) is 10.2 Å². The van der Waals surface area contributed by atoms with E-state index in [1.54, 1.807) is 18.2 Å². The van der Waals surface area contributed by atoms with E-state index in [4.69, 9.17) is 23.2 Å². The molecule has 5 fully saturated rings. The number of benzene rings is 3. The predicted octanol–water partition coefficient (Wildman–Crippen LogP) is 8.32. The molecule has 0 unspecified atom stereocenters. The third kappa shape index (κ3) is 8.13. The van der Waals surface area contributed by atoms with Crippen LogP contribution in [0.4, 0.5) is 5.69 Å². The molecule has 0 saturated heterocycles. The second-order valence-electron chi connectivity index (χ2n) is 15.8. The number of sulfonamides is 1. The van der Waals surface area contributed by atoms with Crippen molar-refractivity contribution in [2.45, 2.75) is 101 Å². The molecular weight excluding hydrogens is 701 g/mol. The summed E-state index contributed by atoms with van der Waals surface area (Å²) in [6, 6.07) is 21.7. The number of amides is 2. The monoisotopic (exact) mass is 749 g/mol. The molecule has 3 aromatic rings. The minimum atomic E-state index is -3.89. The Morgan fingerprint density at radius 3 is 1.98 bits per heavy atom. The van der Waals surface area contributed by atoms with Gasteiger partial charge in [-0.3, -0.25) is 13.9 Å². The van der Waals surface area contributed by atoms with Crippen LogP contribution in [0.1, 0.15) is 87.3 Å². The third-order valence-corrected chi connectivity index (χ3v) is 13.9. The van der Waals surface area contributed by atoms with Gasteiger partial charge >= 0.3 is 0 Å². The average Bonchev–Trinajstić information content (AvgIpc) is 3.09. The van der Waals surface area contributed by atoms with Gasteiger partial charge in [0.1, 0.15) is 12.6 Å². The highest BCUT2D eigenvalue weighted by Gasteiger charge is 2.51. The molecular formula is C41H49Cl2N3O4S. The Morgan fingerprint density at radius 2 is 1.41 bits per heavy atom. The van der Waals surface area contributed by atoms with Gasteiger partial charge in [-0.05, 0) is 110 Å². The predicted molar refractivity (Wildman–Crippen MR) is 204 cm³/mol. The Morgan fingerprint density at radius 1 is 0.824 bits per heavy atom. The molecule has 8 rings (SSSR count). The van der Waals surface area contributed by atoms with E-state index in [0.717, 1.165) is 61.7 Å². The second kappa shape index (κ2) is 15.1. The molecule has 2 amide bonds. The van der Waals surface area contributed by atoms with Gasteiger partial charge in [0.05, 0.1) is 11.9 Å². The number of carbonyl (C=O) groups excluding carboxylic acids is 2. The number of hydrogen-bond donors (Lipinski definition) is 1. The van der Waals surface area contributed by atoms with Crippen LogP contribution in [0, 0.1) is 17.8 Å². The first-order chi connectivity index (χ1) is 24.5. The van der Waals surface area contributed by atoms with Crippen LogP contribution in [-0.4, -0.2) is 50.0 Å². The number of rotatable bonds is 12. The van der Waals surface area contributed by atoms with E-state index in [-0.39, 0.29) is 30.3 Å². The molecule has 5 aliphatic carbocycles. The minimum absolute atomic E-state index is 0.0189. The summed E-state index contributed by atoms with van der Waals surface area (Å²) in [5.41, 5.74) is 3.26. The van der Waals surface area contributed by atoms with Crippen molar-refractivity contribution >= 4 is 50.7 Å². The molecule has 1 N–H and O–H groups in total. The van der Waals surface area contributed by atoms with E-state index in [9.17, 15) is 18.0 Å². The molecule has 0 heterocycles. The van der Waals surface area contributed by atoms with Gasteiger partial charge in [-0.15, -0.1) is 0 Å². The lowest BCUT2D eigenvalue weighted by Gasteiger charge is -2.57. The standard InChI is InChI=1S/C41H49Cl2N3O4S/c1-51(49,50)46(34-17-15-32(16-18-34)41-23-29-19-30(24-41)21-31(20-29)25-41)27-39(47)45(26-35-36(42)13-8-14-37(35)43)38(22-28-9-4-2-5-10-28)40(48)44-33-11-6-3-7-12-33/h2,4-5,8-10,13-18,29-31,33,38H,3,6-7,11-12,19-27H2,1H3,(H,44,48)/t29?,30?,31?,38-,41?/m1/s1. The molecule has 51 heavy (non-hydrogen) atoms. The highest BCUT2D eigenvalue weighted by molar-refractivity contribution is 7.92. The molecule has 0 aliphatic heterocycles. The van der Waals surface area contributed by atoms with E-state index in [1.807, 2.05) is 42.5 Å². The van der Waals surface area contributed by atoms with E-state index in [0.29, 0.717) is 21.3 Å². The number of nitrogens with zero attached hydrogens (tertiary/aromatic N) is 2. The van der Waals surface area contributed by atoms with Crippen molar-refractivity contribution in [3.05, 3.63) is 99.5 Å². The maximum absolute atomic E-state index is 14.7. The van der Waals surface area contributed by atoms with Gasteiger partial charge in [-0.25, -0.2) is 8.42 Å². The van der Waals surface area contributed by atoms with Gasteiger partial charge in [0.15, 0.2) is 0 Å². The van der Waals surface area contributed by atoms with Crippen LogP contribution < -0.4 is 9.62 Å². The van der Waals surface area contributed by atoms with Crippen LogP contribution in [0.3, 0.4) is 0 Å². The van der Waals surface area contributed by atoms with Gasteiger partial charge < -0.3 is 10.2 Å². The largest absolute Gasteiger partial charge is 0.352 e. The van der Waals surface area contributed by atoms with Crippen molar-refractivity contribution in [3.63, 3.8) is 0 Å². The zero-order chi connectivity index (χ0) is 35.8. The molecule has 1 atom stereocenters. The van der Waals surface area contributed by atoms with Gasteiger partial charge in [-0.2, -0.15) is 0 Å². The summed E-state index contributed by atoms with van der Waals surface area (Å²) >= 11 is 13.3. The van der Waals surface area contributed by atoms with Crippen molar-refractivity contribution < 1.29 is 18.0 Å². The lowest BCUT2D eigenvalue weighted by molar-refractivity contribution is -0.140. The molecule has 5 saturated carbocycles. The molecule has 0 spiro atoms. The van der Waals surface area contributed by atoms with Crippen molar-refractivity contribution in [1.29, 1.82) is 0 Å². The summed E-state index contributed by atoms with van der Waals surface area (Å²) in [7, 11) is -3.89. The second-order valence-corrected chi connectivity index (χ2v) is 18.5. The summed E-state index contributed by atoms with van der Waals surface area (Å²) in [6.07, 6.45) is 14.0. The van der Waals surface area contributed by atoms with E-state index in [2.05, 4.69) is 17.4 Å². The van der Waals surface area contributed by atoms with E-state index in [1.165, 1.54) is 53.3 Å². The molecule has 0 aromatic heterocycles. The topological polar surface area (TPSA) is 86.8 Å². The highest BCUT2D eigenvalue weighted by atomic mass is 35.5. The molecule has 7 nitrogen and oxygen atoms in total. The minimum Gasteiger partial charge on any atom is -0.352 e. The summed E-state index contributed by atoms with van der Waals surface area (Å²) < 4.78 is 28.1. The summed E-state index contributed by atoms with van der Waals surface area (Å²) in [5, 5.41) is 3.97. The van der Waals surface area contributed by atoms with Crippen LogP contribution in [0.15, 0.2) is 72.8 Å². The van der Waals surface area contributed by atoms with Crippen LogP contribution in [0.5, 0.6) is 0 Å². The zero-order valence-corrected chi connectivity index (χ0v) is 31.7. The lowest BCUT2D eigenvalue weighted by Crippen LogP contribution is -2.55. The van der Waals surface area contributed by atoms with Gasteiger partial charge in [0.2, 0.25) is 21.8 Å². The van der Waals surface area contributed by atoms with E-state index < -0.39 is 28.5 Å². The van der Waals surface area contributed by atoms with Crippen LogP contribution >= 0.6 is 23.2 Å². The van der Waals surface area contributed by atoms with Crippen molar-refractivity contribution in [3.8, 4) is 0 Å². The molecule has 5 aliphatic rings. The molecule has 10 heteroatoms. The average molecular weight is 751 g/mol. The number of halogens is 2. The zero-order valence-electron chi connectivity index (χ0n) is 29.4. The van der Waals surface area contributed by atoms with Crippen LogP contribution in [0.2, 0.25) is 10.0 Å². The Labute approximate surface area is 313 Å². The maximum atomic E-state index is 14.7. The van der Waals surface area contributed by atoms with E-state index >= 15 is 0 Å². The smallest absolute Gasteiger partial charge is 0.244 e. The lowest BCUT2D eigenvalue weighted by atomic mass is 9.48. The number of anilines is 1. The molecule has 4 bridgehead atoms. The van der Waals surface area contributed by atoms with Crippen molar-refractivity contribution in [2.24, 2.45) is 17.8 Å². The molecule has 0 radical (unpaired) electrons.